The highest BCUT2D eigenvalue weighted by Crippen LogP contribution is 1.73. The Labute approximate surface area is 53.9 Å². The number of thiocarbonyl (C=S) groups is 1. The van der Waals surface area contributed by atoms with Gasteiger partial charge in [-0.2, -0.15) is 0 Å². The zero-order valence-corrected chi connectivity index (χ0v) is 5.35. The fourth-order valence-electron chi connectivity index (χ4n) is 0.127. The van der Waals surface area contributed by atoms with Gasteiger partial charge in [-0.05, 0) is 0 Å². The van der Waals surface area contributed by atoms with E-state index in [0.717, 1.165) is 0 Å². The largest absolute Gasteiger partial charge is 0.360 e. The minimum absolute atomic E-state index is 0.443. The summed E-state index contributed by atoms with van der Waals surface area (Å²) in [7, 11) is 0. The van der Waals surface area contributed by atoms with Gasteiger partial charge in [0.05, 0.1) is 6.54 Å². The summed E-state index contributed by atoms with van der Waals surface area (Å²) >= 11 is 8.28. The summed E-state index contributed by atoms with van der Waals surface area (Å²) in [6.07, 6.45) is 4.87. The SMILES string of the molecule is C#CCNC(=S)S. The lowest BCUT2D eigenvalue weighted by atomic mass is 10.7. The van der Waals surface area contributed by atoms with E-state index in [-0.39, 0.29) is 0 Å². The highest BCUT2D eigenvalue weighted by Gasteiger charge is 1.77. The van der Waals surface area contributed by atoms with Gasteiger partial charge in [0, 0.05) is 0 Å². The van der Waals surface area contributed by atoms with Crippen LogP contribution >= 0.6 is 24.8 Å². The summed E-state index contributed by atoms with van der Waals surface area (Å²) < 4.78 is 0.443. The molecule has 0 aromatic heterocycles. The van der Waals surface area contributed by atoms with Crippen molar-refractivity contribution in [2.24, 2.45) is 0 Å². The predicted octanol–water partition coefficient (Wildman–Crippen LogP) is 0.424. The first-order valence-corrected chi connectivity index (χ1v) is 2.53. The van der Waals surface area contributed by atoms with Crippen LogP contribution in [-0.4, -0.2) is 10.9 Å². The van der Waals surface area contributed by atoms with Crippen molar-refractivity contribution in [1.82, 2.24) is 5.32 Å². The standard InChI is InChI=1S/C4H5NS2/c1-2-3-5-4(6)7/h1H,3H2,(H2,5,6,7). The summed E-state index contributed by atoms with van der Waals surface area (Å²) in [5, 5.41) is 2.65. The molecule has 7 heavy (non-hydrogen) atoms. The fraction of sp³-hybridized carbons (Fsp3) is 0.250. The van der Waals surface area contributed by atoms with Crippen molar-refractivity contribution in [2.75, 3.05) is 6.54 Å². The van der Waals surface area contributed by atoms with E-state index < -0.39 is 0 Å². The highest BCUT2D eigenvalue weighted by molar-refractivity contribution is 8.11. The quantitative estimate of drug-likeness (QED) is 0.304. The van der Waals surface area contributed by atoms with Crippen molar-refractivity contribution in [3.8, 4) is 12.3 Å². The summed E-state index contributed by atoms with van der Waals surface area (Å²) in [6.45, 7) is 0.461. The van der Waals surface area contributed by atoms with Gasteiger partial charge < -0.3 is 5.32 Å². The maximum atomic E-state index is 4.87. The molecule has 0 aliphatic heterocycles. The molecular weight excluding hydrogens is 126 g/mol. The zero-order chi connectivity index (χ0) is 5.70. The third-order valence-electron chi connectivity index (χ3n) is 0.342. The van der Waals surface area contributed by atoms with Gasteiger partial charge in [0.2, 0.25) is 0 Å². The summed E-state index contributed by atoms with van der Waals surface area (Å²) in [4.78, 5) is 0. The van der Waals surface area contributed by atoms with Crippen LogP contribution in [0.25, 0.3) is 0 Å². The van der Waals surface area contributed by atoms with E-state index >= 15 is 0 Å². The predicted molar refractivity (Wildman–Crippen MR) is 38.4 cm³/mol. The van der Waals surface area contributed by atoms with E-state index in [4.69, 9.17) is 6.42 Å². The minimum Gasteiger partial charge on any atom is -0.360 e. The Morgan fingerprint density at radius 1 is 2.00 bits per heavy atom. The van der Waals surface area contributed by atoms with Crippen molar-refractivity contribution >= 4 is 29.2 Å². The molecule has 0 atom stereocenters. The van der Waals surface area contributed by atoms with Crippen LogP contribution in [-0.2, 0) is 0 Å². The molecule has 0 fully saturated rings. The van der Waals surface area contributed by atoms with Crippen molar-refractivity contribution in [1.29, 1.82) is 0 Å². The van der Waals surface area contributed by atoms with Crippen LogP contribution in [0.2, 0.25) is 0 Å². The first kappa shape index (κ1) is 6.80. The maximum absolute atomic E-state index is 4.87. The van der Waals surface area contributed by atoms with E-state index in [1.807, 2.05) is 0 Å². The lowest BCUT2D eigenvalue weighted by Crippen LogP contribution is -2.15. The van der Waals surface area contributed by atoms with Gasteiger partial charge in [-0.15, -0.1) is 19.1 Å². The van der Waals surface area contributed by atoms with Crippen LogP contribution in [0.3, 0.4) is 0 Å². The second-order valence-electron chi connectivity index (χ2n) is 0.863. The van der Waals surface area contributed by atoms with Crippen molar-refractivity contribution < 1.29 is 0 Å². The highest BCUT2D eigenvalue weighted by atomic mass is 32.1. The molecule has 0 aliphatic rings. The molecule has 0 bridgehead atoms. The van der Waals surface area contributed by atoms with Gasteiger partial charge in [-0.25, -0.2) is 0 Å². The Balaban J connectivity index is 3.02. The first-order valence-electron chi connectivity index (χ1n) is 1.67. The Hall–Kier alpha value is -0.200. The molecule has 0 saturated heterocycles. The minimum atomic E-state index is 0.443. The van der Waals surface area contributed by atoms with Crippen LogP contribution in [0.4, 0.5) is 0 Å². The number of terminal acetylenes is 1. The van der Waals surface area contributed by atoms with Crippen LogP contribution in [0, 0.1) is 12.3 Å². The average Bonchev–Trinajstić information content (AvgIpc) is 1.61. The Morgan fingerprint density at radius 3 is 2.71 bits per heavy atom. The molecule has 0 aromatic carbocycles. The summed E-state index contributed by atoms with van der Waals surface area (Å²) in [6, 6.07) is 0. The van der Waals surface area contributed by atoms with Gasteiger partial charge in [0.25, 0.3) is 0 Å². The van der Waals surface area contributed by atoms with Crippen LogP contribution < -0.4 is 5.32 Å². The van der Waals surface area contributed by atoms with Gasteiger partial charge in [-0.1, -0.05) is 18.1 Å². The van der Waals surface area contributed by atoms with Crippen molar-refractivity contribution in [3.63, 3.8) is 0 Å². The normalized spacial score (nSPS) is 6.86. The zero-order valence-electron chi connectivity index (χ0n) is 3.64. The first-order chi connectivity index (χ1) is 3.27. The summed E-state index contributed by atoms with van der Waals surface area (Å²) in [5.74, 6) is 2.35. The third-order valence-corrected chi connectivity index (χ3v) is 0.644. The van der Waals surface area contributed by atoms with Crippen LogP contribution in [0.1, 0.15) is 0 Å². The number of hydrogen-bond acceptors (Lipinski definition) is 1. The monoisotopic (exact) mass is 131 g/mol. The molecule has 38 valence electrons. The fourth-order valence-corrected chi connectivity index (χ4v) is 0.278. The molecule has 0 amide bonds. The number of hydrogen-bond donors (Lipinski definition) is 2. The topological polar surface area (TPSA) is 12.0 Å². The number of thiol groups is 1. The van der Waals surface area contributed by atoms with E-state index in [1.165, 1.54) is 0 Å². The smallest absolute Gasteiger partial charge is 0.131 e. The second kappa shape index (κ2) is 3.97. The Bertz CT molecular complexity index is 103. The van der Waals surface area contributed by atoms with E-state index in [1.54, 1.807) is 0 Å². The van der Waals surface area contributed by atoms with Gasteiger partial charge in [0.15, 0.2) is 0 Å². The van der Waals surface area contributed by atoms with Crippen LogP contribution in [0.5, 0.6) is 0 Å². The van der Waals surface area contributed by atoms with Gasteiger partial charge in [0.1, 0.15) is 4.32 Å². The van der Waals surface area contributed by atoms with Crippen molar-refractivity contribution in [2.45, 2.75) is 0 Å². The molecular formula is C4H5NS2. The lowest BCUT2D eigenvalue weighted by Gasteiger charge is -1.91. The van der Waals surface area contributed by atoms with Crippen LogP contribution in [0.15, 0.2) is 0 Å². The Morgan fingerprint density at radius 2 is 2.57 bits per heavy atom. The number of nitrogens with one attached hydrogen (secondary N) is 1. The lowest BCUT2D eigenvalue weighted by molar-refractivity contribution is 1.11. The Kier molecular flexibility index (Phi) is 3.86. The van der Waals surface area contributed by atoms with E-state index in [0.29, 0.717) is 10.9 Å². The molecule has 3 heteroatoms. The molecule has 0 unspecified atom stereocenters. The molecule has 0 rings (SSSR count). The molecule has 1 nitrogen and oxygen atoms in total. The number of rotatable bonds is 1. The molecule has 0 heterocycles. The second-order valence-corrected chi connectivity index (χ2v) is 2.02. The average molecular weight is 131 g/mol. The van der Waals surface area contributed by atoms with E-state index in [2.05, 4.69) is 36.1 Å². The van der Waals surface area contributed by atoms with Gasteiger partial charge in [-0.3, -0.25) is 0 Å². The maximum Gasteiger partial charge on any atom is 0.131 e. The molecule has 0 saturated carbocycles. The molecule has 1 N–H and O–H groups in total. The molecule has 0 spiro atoms. The molecule has 0 aromatic rings. The molecule has 0 radical (unpaired) electrons. The van der Waals surface area contributed by atoms with E-state index in [9.17, 15) is 0 Å². The molecule has 0 aliphatic carbocycles. The summed E-state index contributed by atoms with van der Waals surface area (Å²) in [5.41, 5.74) is 0. The van der Waals surface area contributed by atoms with Crippen molar-refractivity contribution in [3.05, 3.63) is 0 Å². The third kappa shape index (κ3) is 5.80. The van der Waals surface area contributed by atoms with Gasteiger partial charge >= 0.3 is 0 Å².